The first-order valence-electron chi connectivity index (χ1n) is 7.72. The highest BCUT2D eigenvalue weighted by Crippen LogP contribution is 2.29. The van der Waals surface area contributed by atoms with Gasteiger partial charge < -0.3 is 15.4 Å². The predicted molar refractivity (Wildman–Crippen MR) is 89.4 cm³/mol. The molecule has 0 saturated heterocycles. The van der Waals surface area contributed by atoms with Crippen molar-refractivity contribution in [1.29, 1.82) is 0 Å². The average molecular weight is 352 g/mol. The minimum Gasteiger partial charge on any atom is -0.489 e. The smallest absolute Gasteiger partial charge is 0.416 e. The van der Waals surface area contributed by atoms with Gasteiger partial charge in [-0.3, -0.25) is 4.79 Å². The molecule has 0 fully saturated rings. The standard InChI is InChI=1S/C18H19F3N2O2/c1-22-10-9-17(24)23-15-5-7-16(8-6-15)25-12-13-3-2-4-14(11-13)18(19,20)21/h2-8,11,22H,9-10,12H2,1H3,(H,23,24). The van der Waals surface area contributed by atoms with Crippen molar-refractivity contribution in [3.8, 4) is 5.75 Å². The monoisotopic (exact) mass is 352 g/mol. The molecule has 2 aromatic carbocycles. The van der Waals surface area contributed by atoms with Crippen LogP contribution in [0.4, 0.5) is 18.9 Å². The maximum atomic E-state index is 12.7. The molecular weight excluding hydrogens is 333 g/mol. The summed E-state index contributed by atoms with van der Waals surface area (Å²) in [4.78, 5) is 11.6. The Labute approximate surface area is 144 Å². The molecule has 134 valence electrons. The lowest BCUT2D eigenvalue weighted by Gasteiger charge is -2.11. The van der Waals surface area contributed by atoms with E-state index in [4.69, 9.17) is 4.74 Å². The number of ether oxygens (including phenoxy) is 1. The van der Waals surface area contributed by atoms with Gasteiger partial charge in [-0.1, -0.05) is 12.1 Å². The van der Waals surface area contributed by atoms with Gasteiger partial charge >= 0.3 is 6.18 Å². The van der Waals surface area contributed by atoms with Crippen LogP contribution in [0.15, 0.2) is 48.5 Å². The van der Waals surface area contributed by atoms with E-state index in [1.54, 1.807) is 37.4 Å². The highest BCUT2D eigenvalue weighted by atomic mass is 19.4. The first-order chi connectivity index (χ1) is 11.9. The molecule has 25 heavy (non-hydrogen) atoms. The fourth-order valence-corrected chi connectivity index (χ4v) is 2.10. The van der Waals surface area contributed by atoms with Crippen LogP contribution in [0.5, 0.6) is 5.75 Å². The number of amides is 1. The van der Waals surface area contributed by atoms with Crippen molar-refractivity contribution in [1.82, 2.24) is 5.32 Å². The highest BCUT2D eigenvalue weighted by molar-refractivity contribution is 5.90. The van der Waals surface area contributed by atoms with Crippen LogP contribution in [0.1, 0.15) is 17.5 Å². The molecule has 0 bridgehead atoms. The topological polar surface area (TPSA) is 50.4 Å². The zero-order chi connectivity index (χ0) is 18.3. The minimum absolute atomic E-state index is 0.0256. The summed E-state index contributed by atoms with van der Waals surface area (Å²) in [5.74, 6) is 0.401. The molecule has 2 N–H and O–H groups in total. The van der Waals surface area contributed by atoms with Gasteiger partial charge in [0.2, 0.25) is 5.91 Å². The second-order valence-corrected chi connectivity index (χ2v) is 5.41. The third kappa shape index (κ3) is 6.11. The Morgan fingerprint density at radius 3 is 2.48 bits per heavy atom. The number of rotatable bonds is 7. The van der Waals surface area contributed by atoms with Crippen molar-refractivity contribution < 1.29 is 22.7 Å². The fraction of sp³-hybridized carbons (Fsp3) is 0.278. The molecule has 1 amide bonds. The number of benzene rings is 2. The summed E-state index contributed by atoms with van der Waals surface area (Å²) in [6.45, 7) is 0.613. The lowest BCUT2D eigenvalue weighted by molar-refractivity contribution is -0.137. The van der Waals surface area contributed by atoms with Crippen molar-refractivity contribution >= 4 is 11.6 Å². The van der Waals surface area contributed by atoms with E-state index >= 15 is 0 Å². The summed E-state index contributed by atoms with van der Waals surface area (Å²) in [6.07, 6.45) is -4.01. The Morgan fingerprint density at radius 1 is 1.12 bits per heavy atom. The van der Waals surface area contributed by atoms with Crippen molar-refractivity contribution in [2.45, 2.75) is 19.2 Å². The number of carbonyl (C=O) groups excluding carboxylic acids is 1. The fourth-order valence-electron chi connectivity index (χ4n) is 2.10. The van der Waals surface area contributed by atoms with Gasteiger partial charge in [0.25, 0.3) is 0 Å². The molecule has 0 aromatic heterocycles. The zero-order valence-electron chi connectivity index (χ0n) is 13.7. The van der Waals surface area contributed by atoms with Gasteiger partial charge in [-0.25, -0.2) is 0 Å². The Kier molecular flexibility index (Phi) is 6.41. The van der Waals surface area contributed by atoms with Crippen LogP contribution in [0, 0.1) is 0 Å². The molecule has 4 nitrogen and oxygen atoms in total. The molecular formula is C18H19F3N2O2. The second-order valence-electron chi connectivity index (χ2n) is 5.41. The van der Waals surface area contributed by atoms with E-state index in [9.17, 15) is 18.0 Å². The van der Waals surface area contributed by atoms with Crippen LogP contribution in [0.3, 0.4) is 0 Å². The largest absolute Gasteiger partial charge is 0.489 e. The summed E-state index contributed by atoms with van der Waals surface area (Å²) in [6, 6.07) is 11.7. The van der Waals surface area contributed by atoms with Gasteiger partial charge in [-0.2, -0.15) is 13.2 Å². The number of alkyl halides is 3. The third-order valence-electron chi connectivity index (χ3n) is 3.40. The summed E-state index contributed by atoms with van der Waals surface area (Å²) in [7, 11) is 1.77. The quantitative estimate of drug-likeness (QED) is 0.796. The van der Waals surface area contributed by atoms with E-state index < -0.39 is 11.7 Å². The third-order valence-corrected chi connectivity index (χ3v) is 3.40. The van der Waals surface area contributed by atoms with E-state index in [-0.39, 0.29) is 12.5 Å². The summed E-state index contributed by atoms with van der Waals surface area (Å²) >= 11 is 0. The van der Waals surface area contributed by atoms with E-state index in [2.05, 4.69) is 10.6 Å². The molecule has 0 aliphatic carbocycles. The molecule has 0 atom stereocenters. The van der Waals surface area contributed by atoms with Gasteiger partial charge in [0, 0.05) is 18.7 Å². The average Bonchev–Trinajstić information content (AvgIpc) is 2.59. The Hall–Kier alpha value is -2.54. The molecule has 0 radical (unpaired) electrons. The Balaban J connectivity index is 1.90. The molecule has 0 heterocycles. The van der Waals surface area contributed by atoms with Crippen LogP contribution >= 0.6 is 0 Å². The maximum absolute atomic E-state index is 12.7. The van der Waals surface area contributed by atoms with Gasteiger partial charge in [0.15, 0.2) is 0 Å². The molecule has 2 rings (SSSR count). The van der Waals surface area contributed by atoms with Gasteiger partial charge in [0.05, 0.1) is 5.56 Å². The molecule has 0 spiro atoms. The van der Waals surface area contributed by atoms with Crippen molar-refractivity contribution in [2.24, 2.45) is 0 Å². The van der Waals surface area contributed by atoms with Gasteiger partial charge in [0.1, 0.15) is 12.4 Å². The number of hydrogen-bond acceptors (Lipinski definition) is 3. The number of anilines is 1. The van der Waals surface area contributed by atoms with Crippen LogP contribution in [-0.2, 0) is 17.6 Å². The van der Waals surface area contributed by atoms with E-state index in [1.807, 2.05) is 0 Å². The molecule has 0 aliphatic heterocycles. The molecule has 0 aliphatic rings. The van der Waals surface area contributed by atoms with Crippen LogP contribution in [0.25, 0.3) is 0 Å². The SMILES string of the molecule is CNCCC(=O)Nc1ccc(OCc2cccc(C(F)(F)F)c2)cc1. The van der Waals surface area contributed by atoms with E-state index in [0.717, 1.165) is 12.1 Å². The Morgan fingerprint density at radius 2 is 1.84 bits per heavy atom. The predicted octanol–water partition coefficient (Wildman–Crippen LogP) is 3.83. The normalized spacial score (nSPS) is 11.2. The van der Waals surface area contributed by atoms with Crippen LogP contribution < -0.4 is 15.4 Å². The van der Waals surface area contributed by atoms with Crippen LogP contribution in [-0.4, -0.2) is 19.5 Å². The second kappa shape index (κ2) is 8.53. The highest BCUT2D eigenvalue weighted by Gasteiger charge is 2.30. The maximum Gasteiger partial charge on any atom is 0.416 e. The first kappa shape index (κ1) is 18.8. The van der Waals surface area contributed by atoms with Crippen molar-refractivity contribution in [3.63, 3.8) is 0 Å². The van der Waals surface area contributed by atoms with E-state index in [0.29, 0.717) is 30.0 Å². The van der Waals surface area contributed by atoms with E-state index in [1.165, 1.54) is 6.07 Å². The summed E-state index contributed by atoms with van der Waals surface area (Å²) < 4.78 is 43.5. The van der Waals surface area contributed by atoms with Crippen molar-refractivity contribution in [3.05, 3.63) is 59.7 Å². The Bertz CT molecular complexity index is 700. The molecule has 7 heteroatoms. The number of hydrogen-bond donors (Lipinski definition) is 2. The molecule has 0 saturated carbocycles. The number of carbonyl (C=O) groups is 1. The lowest BCUT2D eigenvalue weighted by Crippen LogP contribution is -2.18. The summed E-state index contributed by atoms with van der Waals surface area (Å²) in [5, 5.41) is 5.63. The minimum atomic E-state index is -4.37. The molecule has 0 unspecified atom stereocenters. The number of halogens is 3. The molecule has 2 aromatic rings. The number of nitrogens with one attached hydrogen (secondary N) is 2. The van der Waals surface area contributed by atoms with Crippen LogP contribution in [0.2, 0.25) is 0 Å². The lowest BCUT2D eigenvalue weighted by atomic mass is 10.1. The van der Waals surface area contributed by atoms with Gasteiger partial charge in [-0.15, -0.1) is 0 Å². The van der Waals surface area contributed by atoms with Gasteiger partial charge in [-0.05, 0) is 49.0 Å². The van der Waals surface area contributed by atoms with Crippen molar-refractivity contribution in [2.75, 3.05) is 18.9 Å². The zero-order valence-corrected chi connectivity index (χ0v) is 13.7. The first-order valence-corrected chi connectivity index (χ1v) is 7.72. The summed E-state index contributed by atoms with van der Waals surface area (Å²) in [5.41, 5.74) is 0.361.